The van der Waals surface area contributed by atoms with E-state index in [2.05, 4.69) is 32.5 Å². The molecule has 1 amide bonds. The highest BCUT2D eigenvalue weighted by molar-refractivity contribution is 6.10. The Balaban J connectivity index is 1.37. The molecule has 0 spiro atoms. The maximum Gasteiger partial charge on any atom is 0.255 e. The molecule has 1 aliphatic carbocycles. The molecule has 0 bridgehead atoms. The minimum Gasteiger partial charge on any atom is -0.442 e. The molecule has 7 nitrogen and oxygen atoms in total. The Morgan fingerprint density at radius 1 is 1.33 bits per heavy atom. The first-order chi connectivity index (χ1) is 14.4. The van der Waals surface area contributed by atoms with Crippen LogP contribution in [0.15, 0.2) is 35.1 Å². The van der Waals surface area contributed by atoms with Gasteiger partial charge in [-0.1, -0.05) is 0 Å². The van der Waals surface area contributed by atoms with Crippen LogP contribution in [0, 0.1) is 12.7 Å². The fraction of sp³-hybridized carbons (Fsp3) is 0.318. The van der Waals surface area contributed by atoms with Crippen molar-refractivity contribution in [2.24, 2.45) is 0 Å². The van der Waals surface area contributed by atoms with Gasteiger partial charge in [-0.3, -0.25) is 4.79 Å². The number of halogens is 1. The molecule has 154 valence electrons. The highest BCUT2D eigenvalue weighted by Crippen LogP contribution is 2.40. The molecule has 0 atom stereocenters. The number of hydrogen-bond acceptors (Lipinski definition) is 5. The molecule has 1 fully saturated rings. The number of hydrogen-bond donors (Lipinski definition) is 3. The third-order valence-corrected chi connectivity index (χ3v) is 5.72. The second-order valence-electron chi connectivity index (χ2n) is 8.13. The molecule has 5 rings (SSSR count). The van der Waals surface area contributed by atoms with E-state index in [0.717, 1.165) is 29.3 Å². The second kappa shape index (κ2) is 6.83. The number of benzene rings is 1. The number of aromatic amines is 1. The molecule has 4 aromatic rings. The third-order valence-electron chi connectivity index (χ3n) is 5.72. The van der Waals surface area contributed by atoms with Gasteiger partial charge in [-0.15, -0.1) is 0 Å². The van der Waals surface area contributed by atoms with Gasteiger partial charge in [0, 0.05) is 29.2 Å². The minimum absolute atomic E-state index is 0.00478. The SMILES string of the molecule is Cc1oc2ncnc(NC3(C)CC3)c2c1C(=O)NCCc1c[nH]c2ccc(F)cc12. The number of nitrogens with one attached hydrogen (secondary N) is 3. The van der Waals surface area contributed by atoms with Crippen LogP contribution in [0.5, 0.6) is 0 Å². The molecule has 8 heteroatoms. The molecular formula is C22H22FN5O2. The summed E-state index contributed by atoms with van der Waals surface area (Å²) in [6.07, 6.45) is 5.98. The van der Waals surface area contributed by atoms with Crippen molar-refractivity contribution in [3.63, 3.8) is 0 Å². The lowest BCUT2D eigenvalue weighted by Gasteiger charge is -2.13. The average molecular weight is 407 g/mol. The fourth-order valence-corrected chi connectivity index (χ4v) is 3.77. The van der Waals surface area contributed by atoms with Gasteiger partial charge in [-0.05, 0) is 56.9 Å². The van der Waals surface area contributed by atoms with Crippen molar-refractivity contribution in [3.05, 3.63) is 53.4 Å². The smallest absolute Gasteiger partial charge is 0.255 e. The number of fused-ring (bicyclic) bond motifs is 2. The Morgan fingerprint density at radius 2 is 2.17 bits per heavy atom. The molecule has 0 aliphatic heterocycles. The van der Waals surface area contributed by atoms with Crippen molar-refractivity contribution in [2.75, 3.05) is 11.9 Å². The second-order valence-corrected chi connectivity index (χ2v) is 8.13. The number of rotatable bonds is 6. The minimum atomic E-state index is -0.280. The van der Waals surface area contributed by atoms with Gasteiger partial charge in [0.1, 0.15) is 23.7 Å². The lowest BCUT2D eigenvalue weighted by atomic mass is 10.1. The highest BCUT2D eigenvalue weighted by atomic mass is 19.1. The molecular weight excluding hydrogens is 385 g/mol. The molecule has 1 aliphatic rings. The van der Waals surface area contributed by atoms with Crippen molar-refractivity contribution in [1.29, 1.82) is 0 Å². The summed E-state index contributed by atoms with van der Waals surface area (Å²) in [5.74, 6) is 0.601. The maximum absolute atomic E-state index is 13.6. The number of carbonyl (C=O) groups excluding carboxylic acids is 1. The normalized spacial score (nSPS) is 14.9. The lowest BCUT2D eigenvalue weighted by Crippen LogP contribution is -2.26. The van der Waals surface area contributed by atoms with Gasteiger partial charge in [0.15, 0.2) is 0 Å². The number of furan rings is 1. The van der Waals surface area contributed by atoms with Gasteiger partial charge in [-0.2, -0.15) is 0 Å². The summed E-state index contributed by atoms with van der Waals surface area (Å²) in [6.45, 7) is 4.28. The van der Waals surface area contributed by atoms with E-state index < -0.39 is 0 Å². The Morgan fingerprint density at radius 3 is 2.97 bits per heavy atom. The van der Waals surface area contributed by atoms with E-state index in [1.165, 1.54) is 18.5 Å². The topological polar surface area (TPSA) is 95.8 Å². The van der Waals surface area contributed by atoms with E-state index in [9.17, 15) is 9.18 Å². The summed E-state index contributed by atoms with van der Waals surface area (Å²) in [5.41, 5.74) is 2.67. The average Bonchev–Trinajstić information content (AvgIpc) is 3.15. The van der Waals surface area contributed by atoms with Crippen LogP contribution in [0.4, 0.5) is 10.2 Å². The van der Waals surface area contributed by atoms with Crippen LogP contribution in [-0.4, -0.2) is 32.9 Å². The van der Waals surface area contributed by atoms with Gasteiger partial charge in [0.25, 0.3) is 5.91 Å². The summed E-state index contributed by atoms with van der Waals surface area (Å²) in [4.78, 5) is 24.7. The van der Waals surface area contributed by atoms with Crippen molar-refractivity contribution in [1.82, 2.24) is 20.3 Å². The molecule has 1 aromatic carbocycles. The largest absolute Gasteiger partial charge is 0.442 e. The van der Waals surface area contributed by atoms with Gasteiger partial charge < -0.3 is 20.0 Å². The molecule has 0 unspecified atom stereocenters. The standard InChI is InChI=1S/C22H22FN5O2/c1-12-17(18-19(28-22(2)6-7-22)26-11-27-21(18)30-12)20(29)24-8-5-13-10-25-16-4-3-14(23)9-15(13)16/h3-4,9-11,25H,5-8H2,1-2H3,(H,24,29)(H,26,27,28). The van der Waals surface area contributed by atoms with Gasteiger partial charge in [-0.25, -0.2) is 14.4 Å². The van der Waals surface area contributed by atoms with Crippen molar-refractivity contribution >= 4 is 33.7 Å². The summed E-state index contributed by atoms with van der Waals surface area (Å²) >= 11 is 0. The fourth-order valence-electron chi connectivity index (χ4n) is 3.77. The molecule has 3 N–H and O–H groups in total. The zero-order valence-corrected chi connectivity index (χ0v) is 16.8. The van der Waals surface area contributed by atoms with E-state index >= 15 is 0 Å². The first-order valence-electron chi connectivity index (χ1n) is 9.99. The number of nitrogens with zero attached hydrogens (tertiary/aromatic N) is 2. The Labute approximate surface area is 172 Å². The summed E-state index contributed by atoms with van der Waals surface area (Å²) < 4.78 is 19.3. The van der Waals surface area contributed by atoms with Crippen LogP contribution in [0.1, 0.15) is 41.4 Å². The first kappa shape index (κ1) is 18.6. The number of aryl methyl sites for hydroxylation is 1. The predicted molar refractivity (Wildman–Crippen MR) is 112 cm³/mol. The van der Waals surface area contributed by atoms with E-state index in [-0.39, 0.29) is 17.3 Å². The number of anilines is 1. The van der Waals surface area contributed by atoms with Crippen LogP contribution >= 0.6 is 0 Å². The molecule has 0 saturated heterocycles. The molecule has 30 heavy (non-hydrogen) atoms. The molecule has 3 heterocycles. The number of aromatic nitrogens is 3. The van der Waals surface area contributed by atoms with E-state index in [1.807, 2.05) is 6.20 Å². The number of amides is 1. The first-order valence-corrected chi connectivity index (χ1v) is 9.99. The Bertz CT molecular complexity index is 1270. The Hall–Kier alpha value is -3.42. The third kappa shape index (κ3) is 3.28. The molecule has 1 saturated carbocycles. The Kier molecular flexibility index (Phi) is 4.23. The van der Waals surface area contributed by atoms with Crippen LogP contribution in [0.2, 0.25) is 0 Å². The van der Waals surface area contributed by atoms with Crippen molar-refractivity contribution in [3.8, 4) is 0 Å². The summed E-state index contributed by atoms with van der Waals surface area (Å²) in [7, 11) is 0. The van der Waals surface area contributed by atoms with Gasteiger partial charge in [0.05, 0.1) is 10.9 Å². The quantitative estimate of drug-likeness (QED) is 0.447. The molecule has 0 radical (unpaired) electrons. The van der Waals surface area contributed by atoms with E-state index in [4.69, 9.17) is 4.42 Å². The van der Waals surface area contributed by atoms with Crippen LogP contribution in [0.25, 0.3) is 22.0 Å². The van der Waals surface area contributed by atoms with Crippen LogP contribution in [-0.2, 0) is 6.42 Å². The van der Waals surface area contributed by atoms with Crippen LogP contribution in [0.3, 0.4) is 0 Å². The van der Waals surface area contributed by atoms with Gasteiger partial charge >= 0.3 is 0 Å². The predicted octanol–water partition coefficient (Wildman–Crippen LogP) is 4.09. The van der Waals surface area contributed by atoms with Gasteiger partial charge in [0.2, 0.25) is 5.71 Å². The number of H-pyrrole nitrogens is 1. The molecule has 3 aromatic heterocycles. The van der Waals surface area contributed by atoms with E-state index in [1.54, 1.807) is 13.0 Å². The van der Waals surface area contributed by atoms with E-state index in [0.29, 0.717) is 41.2 Å². The van der Waals surface area contributed by atoms with Crippen LogP contribution < -0.4 is 10.6 Å². The highest BCUT2D eigenvalue weighted by Gasteiger charge is 2.38. The zero-order chi connectivity index (χ0) is 20.9. The number of carbonyl (C=O) groups is 1. The summed E-state index contributed by atoms with van der Waals surface area (Å²) in [6, 6.07) is 4.64. The zero-order valence-electron chi connectivity index (χ0n) is 16.8. The van der Waals surface area contributed by atoms with Crippen molar-refractivity contribution in [2.45, 2.75) is 38.6 Å². The summed E-state index contributed by atoms with van der Waals surface area (Å²) in [5, 5.41) is 7.80. The lowest BCUT2D eigenvalue weighted by molar-refractivity contribution is 0.0954. The monoisotopic (exact) mass is 407 g/mol. The van der Waals surface area contributed by atoms with Crippen molar-refractivity contribution < 1.29 is 13.6 Å². The maximum atomic E-state index is 13.6.